The van der Waals surface area contributed by atoms with Crippen LogP contribution in [0.15, 0.2) is 54.6 Å². The summed E-state index contributed by atoms with van der Waals surface area (Å²) in [5.41, 5.74) is 2.71. The molecular formula is C24H27N3O3. The summed E-state index contributed by atoms with van der Waals surface area (Å²) in [5.74, 6) is -1.19. The Morgan fingerprint density at radius 2 is 1.57 bits per heavy atom. The van der Waals surface area contributed by atoms with Gasteiger partial charge in [-0.1, -0.05) is 55.3 Å². The molecule has 0 spiro atoms. The minimum atomic E-state index is -0.351. The van der Waals surface area contributed by atoms with Crippen molar-refractivity contribution in [1.82, 2.24) is 4.90 Å². The first kappa shape index (κ1) is 20.1. The summed E-state index contributed by atoms with van der Waals surface area (Å²) in [6, 6.07) is 17.7. The van der Waals surface area contributed by atoms with Gasteiger partial charge in [0.1, 0.15) is 6.54 Å². The maximum absolute atomic E-state index is 12.7. The van der Waals surface area contributed by atoms with Crippen molar-refractivity contribution < 1.29 is 14.4 Å². The quantitative estimate of drug-likeness (QED) is 0.748. The van der Waals surface area contributed by atoms with Crippen LogP contribution in [0.1, 0.15) is 31.2 Å². The van der Waals surface area contributed by atoms with Crippen LogP contribution in [0, 0.1) is 11.8 Å². The van der Waals surface area contributed by atoms with Crippen LogP contribution in [-0.2, 0) is 20.9 Å². The maximum Gasteiger partial charge on any atom is 0.244 e. The third-order valence-corrected chi connectivity index (χ3v) is 6.09. The predicted molar refractivity (Wildman–Crippen MR) is 116 cm³/mol. The highest BCUT2D eigenvalue weighted by molar-refractivity contribution is 6.09. The number of likely N-dealkylation sites (tertiary alicyclic amines) is 1. The molecule has 3 amide bonds. The van der Waals surface area contributed by atoms with Crippen molar-refractivity contribution >= 4 is 29.1 Å². The lowest BCUT2D eigenvalue weighted by molar-refractivity contribution is -0.142. The third-order valence-electron chi connectivity index (χ3n) is 6.09. The number of nitrogens with one attached hydrogen (secondary N) is 1. The molecule has 0 aromatic heterocycles. The zero-order chi connectivity index (χ0) is 21.1. The Morgan fingerprint density at radius 1 is 0.967 bits per heavy atom. The average molecular weight is 405 g/mol. The van der Waals surface area contributed by atoms with Crippen LogP contribution in [-0.4, -0.2) is 36.2 Å². The number of fused-ring (bicyclic) bond motifs is 1. The number of amides is 3. The summed E-state index contributed by atoms with van der Waals surface area (Å²) in [6.45, 7) is 0.474. The molecule has 2 aromatic carbocycles. The lowest BCUT2D eigenvalue weighted by Crippen LogP contribution is -2.38. The zero-order valence-electron chi connectivity index (χ0n) is 17.2. The van der Waals surface area contributed by atoms with Gasteiger partial charge in [0, 0.05) is 13.6 Å². The molecule has 156 valence electrons. The molecule has 1 saturated heterocycles. The van der Waals surface area contributed by atoms with Crippen molar-refractivity contribution in [2.75, 3.05) is 23.8 Å². The summed E-state index contributed by atoms with van der Waals surface area (Å²) < 4.78 is 0. The van der Waals surface area contributed by atoms with E-state index in [1.807, 2.05) is 49.5 Å². The van der Waals surface area contributed by atoms with Gasteiger partial charge < -0.3 is 10.2 Å². The zero-order valence-corrected chi connectivity index (χ0v) is 17.2. The van der Waals surface area contributed by atoms with Gasteiger partial charge in [-0.3, -0.25) is 19.3 Å². The van der Waals surface area contributed by atoms with Gasteiger partial charge >= 0.3 is 0 Å². The first-order valence-corrected chi connectivity index (χ1v) is 10.5. The molecule has 0 bridgehead atoms. The Kier molecular flexibility index (Phi) is 5.84. The molecule has 0 radical (unpaired) electrons. The second-order valence-electron chi connectivity index (χ2n) is 8.17. The highest BCUT2D eigenvalue weighted by Crippen LogP contribution is 2.38. The number of rotatable bonds is 6. The summed E-state index contributed by atoms with van der Waals surface area (Å²) in [4.78, 5) is 41.2. The first-order chi connectivity index (χ1) is 14.5. The topological polar surface area (TPSA) is 69.7 Å². The van der Waals surface area contributed by atoms with E-state index in [-0.39, 0.29) is 36.1 Å². The van der Waals surface area contributed by atoms with Crippen LogP contribution in [0.2, 0.25) is 0 Å². The van der Waals surface area contributed by atoms with Crippen molar-refractivity contribution in [2.24, 2.45) is 11.8 Å². The molecule has 1 aliphatic carbocycles. The van der Waals surface area contributed by atoms with Crippen LogP contribution in [0.25, 0.3) is 0 Å². The molecular weight excluding hydrogens is 378 g/mol. The normalized spacial score (nSPS) is 20.8. The molecule has 1 N–H and O–H groups in total. The minimum absolute atomic E-state index is 0.186. The van der Waals surface area contributed by atoms with Gasteiger partial charge in [-0.05, 0) is 30.5 Å². The largest absolute Gasteiger partial charge is 0.369 e. The summed E-state index contributed by atoms with van der Waals surface area (Å²) in [6.07, 6.45) is 3.45. The molecule has 2 unspecified atom stereocenters. The van der Waals surface area contributed by atoms with E-state index in [4.69, 9.17) is 0 Å². The third kappa shape index (κ3) is 4.08. The Labute approximate surface area is 176 Å². The van der Waals surface area contributed by atoms with E-state index < -0.39 is 0 Å². The standard InChI is InChI=1S/C24H27N3O3/c1-26(15-17-9-3-2-4-10-17)21-14-8-7-13-20(21)25-22(28)16-27-23(29)18-11-5-6-12-19(18)24(27)30/h2-4,7-10,13-14,18-19H,5-6,11-12,15-16H2,1H3,(H,25,28). The SMILES string of the molecule is CN(Cc1ccccc1)c1ccccc1NC(=O)CN1C(=O)C2CCCCC2C1=O. The van der Waals surface area contributed by atoms with Crippen LogP contribution in [0.5, 0.6) is 0 Å². The number of carbonyl (C=O) groups excluding carboxylic acids is 3. The summed E-state index contributed by atoms with van der Waals surface area (Å²) in [5, 5.41) is 2.90. The minimum Gasteiger partial charge on any atom is -0.369 e. The molecule has 6 heteroatoms. The summed E-state index contributed by atoms with van der Waals surface area (Å²) >= 11 is 0. The number of hydrogen-bond acceptors (Lipinski definition) is 4. The number of hydrogen-bond donors (Lipinski definition) is 1. The van der Waals surface area contributed by atoms with E-state index in [2.05, 4.69) is 22.3 Å². The molecule has 4 rings (SSSR count). The predicted octanol–water partition coefficient (Wildman–Crippen LogP) is 3.44. The fourth-order valence-electron chi connectivity index (χ4n) is 4.57. The smallest absolute Gasteiger partial charge is 0.244 e. The van der Waals surface area contributed by atoms with Gasteiger partial charge in [-0.2, -0.15) is 0 Å². The van der Waals surface area contributed by atoms with E-state index in [1.165, 1.54) is 0 Å². The number of anilines is 2. The number of para-hydroxylation sites is 2. The molecule has 30 heavy (non-hydrogen) atoms. The van der Waals surface area contributed by atoms with E-state index in [9.17, 15) is 14.4 Å². The number of nitrogens with zero attached hydrogens (tertiary/aromatic N) is 2. The molecule has 1 aliphatic heterocycles. The maximum atomic E-state index is 12.7. The van der Waals surface area contributed by atoms with Crippen LogP contribution in [0.3, 0.4) is 0 Å². The lowest BCUT2D eigenvalue weighted by atomic mass is 9.81. The van der Waals surface area contributed by atoms with E-state index in [0.29, 0.717) is 12.2 Å². The molecule has 2 atom stereocenters. The van der Waals surface area contributed by atoms with Gasteiger partial charge in [-0.15, -0.1) is 0 Å². The second kappa shape index (κ2) is 8.69. The molecule has 6 nitrogen and oxygen atoms in total. The average Bonchev–Trinajstić information content (AvgIpc) is 3.00. The van der Waals surface area contributed by atoms with Crippen LogP contribution < -0.4 is 10.2 Å². The van der Waals surface area contributed by atoms with Crippen molar-refractivity contribution in [3.63, 3.8) is 0 Å². The fourth-order valence-corrected chi connectivity index (χ4v) is 4.57. The van der Waals surface area contributed by atoms with Gasteiger partial charge in [-0.25, -0.2) is 0 Å². The first-order valence-electron chi connectivity index (χ1n) is 10.5. The van der Waals surface area contributed by atoms with Gasteiger partial charge in [0.15, 0.2) is 0 Å². The van der Waals surface area contributed by atoms with Crippen molar-refractivity contribution in [3.05, 3.63) is 60.2 Å². The van der Waals surface area contributed by atoms with Gasteiger partial charge in [0.05, 0.1) is 23.2 Å². The van der Waals surface area contributed by atoms with Gasteiger partial charge in [0.25, 0.3) is 0 Å². The summed E-state index contributed by atoms with van der Waals surface area (Å²) in [7, 11) is 1.97. The Hall–Kier alpha value is -3.15. The molecule has 1 saturated carbocycles. The van der Waals surface area contributed by atoms with E-state index in [1.54, 1.807) is 0 Å². The molecule has 1 heterocycles. The Balaban J connectivity index is 1.44. The number of benzene rings is 2. The molecule has 2 aromatic rings. The molecule has 2 aliphatic rings. The van der Waals surface area contributed by atoms with Crippen molar-refractivity contribution in [2.45, 2.75) is 32.2 Å². The van der Waals surface area contributed by atoms with Crippen molar-refractivity contribution in [3.8, 4) is 0 Å². The monoisotopic (exact) mass is 405 g/mol. The van der Waals surface area contributed by atoms with Crippen LogP contribution >= 0.6 is 0 Å². The highest BCUT2D eigenvalue weighted by Gasteiger charge is 2.48. The second-order valence-corrected chi connectivity index (χ2v) is 8.17. The lowest BCUT2D eigenvalue weighted by Gasteiger charge is -2.23. The fraction of sp³-hybridized carbons (Fsp3) is 0.375. The van der Waals surface area contributed by atoms with E-state index >= 15 is 0 Å². The van der Waals surface area contributed by atoms with Gasteiger partial charge in [0.2, 0.25) is 17.7 Å². The Bertz CT molecular complexity index is 920. The Morgan fingerprint density at radius 3 is 2.23 bits per heavy atom. The van der Waals surface area contributed by atoms with E-state index in [0.717, 1.165) is 41.8 Å². The number of carbonyl (C=O) groups is 3. The number of imide groups is 1. The van der Waals surface area contributed by atoms with Crippen molar-refractivity contribution in [1.29, 1.82) is 0 Å². The molecule has 2 fully saturated rings. The highest BCUT2D eigenvalue weighted by atomic mass is 16.2. The van der Waals surface area contributed by atoms with Crippen LogP contribution in [0.4, 0.5) is 11.4 Å².